The van der Waals surface area contributed by atoms with Crippen molar-refractivity contribution in [3.63, 3.8) is 0 Å². The van der Waals surface area contributed by atoms with Gasteiger partial charge in [0.25, 0.3) is 0 Å². The van der Waals surface area contributed by atoms with Gasteiger partial charge >= 0.3 is 0 Å². The number of thiophene rings is 1. The minimum Gasteiger partial charge on any atom is -0.249 e. The van der Waals surface area contributed by atoms with Crippen molar-refractivity contribution in [3.8, 4) is 0 Å². The van der Waals surface area contributed by atoms with Crippen LogP contribution in [-0.4, -0.2) is 4.21 Å². The number of fused-ring (bicyclic) bond motifs is 5. The Bertz CT molecular complexity index is 740. The fourth-order valence-corrected chi connectivity index (χ4v) is 4.41. The van der Waals surface area contributed by atoms with Crippen molar-refractivity contribution in [1.82, 2.24) is 0 Å². The molecule has 1 aromatic heterocycles. The summed E-state index contributed by atoms with van der Waals surface area (Å²) in [4.78, 5) is 2.08. The van der Waals surface area contributed by atoms with Crippen molar-refractivity contribution < 1.29 is 4.21 Å². The Kier molecular flexibility index (Phi) is 1.33. The minimum absolute atomic E-state index is 0.817. The molecular weight excluding hydrogens is 224 g/mol. The summed E-state index contributed by atoms with van der Waals surface area (Å²) in [5.41, 5.74) is 0. The van der Waals surface area contributed by atoms with E-state index in [4.69, 9.17) is 0 Å². The zero-order chi connectivity index (χ0) is 9.99. The number of hydrogen-bond acceptors (Lipinski definition) is 2. The standard InChI is InChI=1S/C12H6OS2/c13-15-10-6-5-9-11(12(10)15)7-3-1-2-4-8(7)14-9/h1-6H. The normalized spacial score (nSPS) is 18.3. The minimum atomic E-state index is -0.817. The van der Waals surface area contributed by atoms with Gasteiger partial charge in [0.2, 0.25) is 0 Å². The Morgan fingerprint density at radius 1 is 1.00 bits per heavy atom. The fourth-order valence-electron chi connectivity index (χ4n) is 2.07. The predicted octanol–water partition coefficient (Wildman–Crippen LogP) is 3.53. The van der Waals surface area contributed by atoms with Crippen LogP contribution in [0, 0.1) is 0 Å². The van der Waals surface area contributed by atoms with Gasteiger partial charge in [0.15, 0.2) is 0 Å². The highest BCUT2D eigenvalue weighted by molar-refractivity contribution is 7.91. The lowest BCUT2D eigenvalue weighted by Gasteiger charge is -1.87. The molecule has 0 radical (unpaired) electrons. The molecule has 0 amide bonds. The number of rotatable bonds is 0. The first kappa shape index (κ1) is 8.02. The van der Waals surface area contributed by atoms with Gasteiger partial charge in [0, 0.05) is 20.2 Å². The van der Waals surface area contributed by atoms with E-state index in [2.05, 4.69) is 18.2 Å². The van der Waals surface area contributed by atoms with E-state index < -0.39 is 10.8 Å². The third-order valence-corrected chi connectivity index (χ3v) is 5.27. The molecule has 3 aromatic rings. The topological polar surface area (TPSA) is 17.1 Å². The Morgan fingerprint density at radius 2 is 1.87 bits per heavy atom. The zero-order valence-corrected chi connectivity index (χ0v) is 9.32. The first-order valence-corrected chi connectivity index (χ1v) is 6.69. The molecule has 1 nitrogen and oxygen atoms in total. The lowest BCUT2D eigenvalue weighted by molar-refractivity contribution is 0.693. The SMILES string of the molecule is O=S1c2ccc3sc4ccccc4c3c21. The molecule has 0 aliphatic carbocycles. The van der Waals surface area contributed by atoms with E-state index in [0.29, 0.717) is 0 Å². The first-order chi connectivity index (χ1) is 7.36. The summed E-state index contributed by atoms with van der Waals surface area (Å²) in [5.74, 6) is 0. The molecule has 2 heterocycles. The third kappa shape index (κ3) is 0.899. The van der Waals surface area contributed by atoms with Gasteiger partial charge < -0.3 is 0 Å². The van der Waals surface area contributed by atoms with Crippen LogP contribution in [0.1, 0.15) is 0 Å². The van der Waals surface area contributed by atoms with Crippen LogP contribution in [0.25, 0.3) is 20.2 Å². The van der Waals surface area contributed by atoms with E-state index >= 15 is 0 Å². The molecule has 4 rings (SSSR count). The molecule has 15 heavy (non-hydrogen) atoms. The summed E-state index contributed by atoms with van der Waals surface area (Å²) in [6.45, 7) is 0. The molecule has 72 valence electrons. The second-order valence-electron chi connectivity index (χ2n) is 3.63. The fraction of sp³-hybridized carbons (Fsp3) is 0. The number of benzene rings is 2. The Labute approximate surface area is 92.8 Å². The van der Waals surface area contributed by atoms with E-state index in [9.17, 15) is 4.21 Å². The molecule has 0 saturated heterocycles. The van der Waals surface area contributed by atoms with Crippen molar-refractivity contribution in [1.29, 1.82) is 0 Å². The van der Waals surface area contributed by atoms with Crippen LogP contribution < -0.4 is 0 Å². The van der Waals surface area contributed by atoms with Gasteiger partial charge in [-0.2, -0.15) is 0 Å². The molecule has 1 aliphatic rings. The van der Waals surface area contributed by atoms with Crippen LogP contribution in [0.4, 0.5) is 0 Å². The van der Waals surface area contributed by atoms with Crippen LogP contribution in [0.5, 0.6) is 0 Å². The van der Waals surface area contributed by atoms with Crippen LogP contribution in [0.15, 0.2) is 46.2 Å². The molecule has 3 heteroatoms. The quantitative estimate of drug-likeness (QED) is 0.422. The average molecular weight is 230 g/mol. The van der Waals surface area contributed by atoms with Gasteiger partial charge in [-0.15, -0.1) is 11.3 Å². The third-order valence-electron chi connectivity index (χ3n) is 2.80. The maximum absolute atomic E-state index is 11.6. The second kappa shape index (κ2) is 2.49. The summed E-state index contributed by atoms with van der Waals surface area (Å²) < 4.78 is 14.1. The van der Waals surface area contributed by atoms with E-state index in [1.807, 2.05) is 18.2 Å². The molecular formula is C12H6OS2. The Morgan fingerprint density at radius 3 is 2.80 bits per heavy atom. The van der Waals surface area contributed by atoms with Gasteiger partial charge in [-0.1, -0.05) is 18.2 Å². The summed E-state index contributed by atoms with van der Waals surface area (Å²) in [6, 6.07) is 12.4. The van der Waals surface area contributed by atoms with Crippen molar-refractivity contribution >= 4 is 42.3 Å². The molecule has 1 atom stereocenters. The van der Waals surface area contributed by atoms with Crippen molar-refractivity contribution in [2.24, 2.45) is 0 Å². The van der Waals surface area contributed by atoms with Gasteiger partial charge in [-0.05, 0) is 18.2 Å². The highest BCUT2D eigenvalue weighted by atomic mass is 32.2. The maximum Gasteiger partial charge on any atom is 0.0881 e. The van der Waals surface area contributed by atoms with E-state index in [1.165, 1.54) is 20.2 Å². The highest BCUT2D eigenvalue weighted by Gasteiger charge is 2.32. The van der Waals surface area contributed by atoms with E-state index in [0.717, 1.165) is 9.79 Å². The van der Waals surface area contributed by atoms with Crippen LogP contribution >= 0.6 is 11.3 Å². The van der Waals surface area contributed by atoms with E-state index in [-0.39, 0.29) is 0 Å². The molecule has 2 aromatic carbocycles. The summed E-state index contributed by atoms with van der Waals surface area (Å²) in [7, 11) is -0.817. The zero-order valence-electron chi connectivity index (χ0n) is 7.69. The molecule has 0 N–H and O–H groups in total. The summed E-state index contributed by atoms with van der Waals surface area (Å²) in [5, 5.41) is 2.46. The lowest BCUT2D eigenvalue weighted by atomic mass is 10.2. The largest absolute Gasteiger partial charge is 0.249 e. The lowest BCUT2D eigenvalue weighted by Crippen LogP contribution is -1.63. The van der Waals surface area contributed by atoms with Crippen LogP contribution in [0.3, 0.4) is 0 Å². The molecule has 1 aliphatic heterocycles. The highest BCUT2D eigenvalue weighted by Crippen LogP contribution is 2.47. The summed E-state index contributed by atoms with van der Waals surface area (Å²) >= 11 is 1.78. The second-order valence-corrected chi connectivity index (χ2v) is 6.10. The maximum atomic E-state index is 11.6. The molecule has 0 bridgehead atoms. The van der Waals surface area contributed by atoms with Crippen molar-refractivity contribution in [2.45, 2.75) is 9.79 Å². The van der Waals surface area contributed by atoms with Gasteiger partial charge in [0.1, 0.15) is 0 Å². The molecule has 0 fully saturated rings. The van der Waals surface area contributed by atoms with Crippen molar-refractivity contribution in [2.75, 3.05) is 0 Å². The molecule has 1 unspecified atom stereocenters. The smallest absolute Gasteiger partial charge is 0.0881 e. The van der Waals surface area contributed by atoms with Gasteiger partial charge in [-0.3, -0.25) is 0 Å². The molecule has 0 spiro atoms. The number of hydrogen-bond donors (Lipinski definition) is 0. The van der Waals surface area contributed by atoms with E-state index in [1.54, 1.807) is 11.3 Å². The molecule has 0 saturated carbocycles. The summed E-state index contributed by atoms with van der Waals surface area (Å²) in [6.07, 6.45) is 0. The van der Waals surface area contributed by atoms with Crippen molar-refractivity contribution in [3.05, 3.63) is 36.4 Å². The Hall–Kier alpha value is -1.19. The van der Waals surface area contributed by atoms with Crippen LogP contribution in [-0.2, 0) is 10.8 Å². The average Bonchev–Trinajstić information content (AvgIpc) is 2.77. The first-order valence-electron chi connectivity index (χ1n) is 4.72. The predicted molar refractivity (Wildman–Crippen MR) is 64.0 cm³/mol. The van der Waals surface area contributed by atoms with Crippen LogP contribution in [0.2, 0.25) is 0 Å². The Balaban J connectivity index is 2.36. The van der Waals surface area contributed by atoms with Gasteiger partial charge in [0.05, 0.1) is 20.6 Å². The van der Waals surface area contributed by atoms with Gasteiger partial charge in [-0.25, -0.2) is 4.21 Å². The monoisotopic (exact) mass is 230 g/mol.